The van der Waals surface area contributed by atoms with Crippen molar-refractivity contribution in [1.82, 2.24) is 5.32 Å². The first-order valence-electron chi connectivity index (χ1n) is 6.52. The molecule has 1 aliphatic rings. The van der Waals surface area contributed by atoms with Gasteiger partial charge in [0.05, 0.1) is 0 Å². The van der Waals surface area contributed by atoms with E-state index in [2.05, 4.69) is 5.32 Å². The molecule has 1 heterocycles. The van der Waals surface area contributed by atoms with Gasteiger partial charge in [-0.1, -0.05) is 29.8 Å². The summed E-state index contributed by atoms with van der Waals surface area (Å²) in [5.74, 6) is -0.880. The lowest BCUT2D eigenvalue weighted by molar-refractivity contribution is -0.133. The van der Waals surface area contributed by atoms with E-state index in [1.165, 1.54) is 0 Å². The number of halogens is 1. The summed E-state index contributed by atoms with van der Waals surface area (Å²) in [7, 11) is 0. The van der Waals surface area contributed by atoms with E-state index in [0.717, 1.165) is 12.0 Å². The fourth-order valence-corrected chi connectivity index (χ4v) is 2.37. The van der Waals surface area contributed by atoms with Crippen LogP contribution in [0.3, 0.4) is 0 Å². The van der Waals surface area contributed by atoms with E-state index in [1.807, 2.05) is 6.07 Å². The quantitative estimate of drug-likeness (QED) is 0.851. The number of amides is 2. The Morgan fingerprint density at radius 2 is 2.20 bits per heavy atom. The Balaban J connectivity index is 2.02. The van der Waals surface area contributed by atoms with E-state index in [4.69, 9.17) is 22.1 Å². The van der Waals surface area contributed by atoms with E-state index in [9.17, 15) is 9.59 Å². The number of carbonyl (C=O) groups is 2. The number of carbonyl (C=O) groups excluding carboxylic acids is 2. The van der Waals surface area contributed by atoms with Crippen molar-refractivity contribution < 1.29 is 14.3 Å². The van der Waals surface area contributed by atoms with Gasteiger partial charge in [-0.05, 0) is 24.5 Å². The van der Waals surface area contributed by atoms with E-state index in [1.54, 1.807) is 18.2 Å². The second kappa shape index (κ2) is 6.72. The van der Waals surface area contributed by atoms with Gasteiger partial charge in [-0.2, -0.15) is 0 Å². The highest BCUT2D eigenvalue weighted by Gasteiger charge is 2.27. The lowest BCUT2D eigenvalue weighted by Gasteiger charge is -2.18. The molecule has 5 nitrogen and oxygen atoms in total. The third kappa shape index (κ3) is 3.71. The van der Waals surface area contributed by atoms with Crippen LogP contribution in [-0.2, 0) is 20.7 Å². The zero-order chi connectivity index (χ0) is 14.5. The van der Waals surface area contributed by atoms with Crippen LogP contribution in [0.15, 0.2) is 24.3 Å². The van der Waals surface area contributed by atoms with Crippen LogP contribution in [0.5, 0.6) is 0 Å². The third-order valence-electron chi connectivity index (χ3n) is 3.26. The number of rotatable bonds is 5. The molecule has 20 heavy (non-hydrogen) atoms. The van der Waals surface area contributed by atoms with Crippen LogP contribution in [0, 0.1) is 0 Å². The van der Waals surface area contributed by atoms with Crippen molar-refractivity contribution >= 4 is 23.4 Å². The fraction of sp³-hybridized carbons (Fsp3) is 0.429. The molecule has 0 bridgehead atoms. The van der Waals surface area contributed by atoms with Crippen LogP contribution in [0.2, 0.25) is 5.02 Å². The first kappa shape index (κ1) is 14.8. The van der Waals surface area contributed by atoms with Gasteiger partial charge < -0.3 is 15.8 Å². The van der Waals surface area contributed by atoms with Gasteiger partial charge in [0, 0.05) is 18.1 Å². The predicted octanol–water partition coefficient (Wildman–Crippen LogP) is 1.03. The van der Waals surface area contributed by atoms with Gasteiger partial charge >= 0.3 is 0 Å². The molecule has 0 radical (unpaired) electrons. The van der Waals surface area contributed by atoms with Crippen molar-refractivity contribution in [3.05, 3.63) is 34.9 Å². The summed E-state index contributed by atoms with van der Waals surface area (Å²) in [5.41, 5.74) is 6.11. The highest BCUT2D eigenvalue weighted by Crippen LogP contribution is 2.17. The molecule has 3 N–H and O–H groups in total. The molecule has 1 aromatic carbocycles. The molecule has 0 saturated carbocycles. The molecule has 108 valence electrons. The molecule has 2 amide bonds. The molecule has 6 heteroatoms. The second-order valence-corrected chi connectivity index (χ2v) is 5.17. The molecule has 1 fully saturated rings. The van der Waals surface area contributed by atoms with Crippen LogP contribution in [0.25, 0.3) is 0 Å². The normalized spacial score (nSPS) is 19.6. The molecular formula is C14H17ClN2O3. The maximum absolute atomic E-state index is 12.0. The van der Waals surface area contributed by atoms with Crippen molar-refractivity contribution in [3.63, 3.8) is 0 Å². The lowest BCUT2D eigenvalue weighted by atomic mass is 10.0. The number of primary amides is 1. The average Bonchev–Trinajstić information content (AvgIpc) is 2.94. The van der Waals surface area contributed by atoms with Crippen LogP contribution in [0.4, 0.5) is 0 Å². The maximum Gasteiger partial charge on any atom is 0.249 e. The predicted molar refractivity (Wildman–Crippen MR) is 75.3 cm³/mol. The molecule has 1 aliphatic heterocycles. The molecule has 1 saturated heterocycles. The molecule has 2 atom stereocenters. The van der Waals surface area contributed by atoms with Crippen LogP contribution >= 0.6 is 11.6 Å². The van der Waals surface area contributed by atoms with Gasteiger partial charge in [0.1, 0.15) is 12.1 Å². The van der Waals surface area contributed by atoms with Gasteiger partial charge in [0.2, 0.25) is 11.8 Å². The molecule has 2 rings (SSSR count). The topological polar surface area (TPSA) is 81.4 Å². The number of hydrogen-bond donors (Lipinski definition) is 2. The summed E-state index contributed by atoms with van der Waals surface area (Å²) in [6.07, 6.45) is 1.31. The summed E-state index contributed by atoms with van der Waals surface area (Å²) in [4.78, 5) is 23.4. The van der Waals surface area contributed by atoms with Gasteiger partial charge in [-0.3, -0.25) is 9.59 Å². The standard InChI is InChI=1S/C14H17ClN2O3/c15-10-5-2-1-4-9(10)8-11(13(16)18)17-14(19)12-6-3-7-20-12/h1-2,4-5,11-12H,3,6-8H2,(H2,16,18)(H,17,19)/t11-,12-/m1/s1. The van der Waals surface area contributed by atoms with E-state index in [0.29, 0.717) is 18.1 Å². The molecule has 0 aliphatic carbocycles. The van der Waals surface area contributed by atoms with E-state index < -0.39 is 18.1 Å². The monoisotopic (exact) mass is 296 g/mol. The summed E-state index contributed by atoms with van der Waals surface area (Å²) in [5, 5.41) is 3.18. The van der Waals surface area contributed by atoms with Crippen molar-refractivity contribution in [2.24, 2.45) is 5.73 Å². The summed E-state index contributed by atoms with van der Waals surface area (Å²) in [6, 6.07) is 6.37. The maximum atomic E-state index is 12.0. The Morgan fingerprint density at radius 1 is 1.45 bits per heavy atom. The second-order valence-electron chi connectivity index (χ2n) is 4.76. The molecule has 0 aromatic heterocycles. The van der Waals surface area contributed by atoms with Gasteiger partial charge in [0.25, 0.3) is 0 Å². The minimum atomic E-state index is -0.786. The van der Waals surface area contributed by atoms with Gasteiger partial charge in [-0.25, -0.2) is 0 Å². The number of nitrogens with two attached hydrogens (primary N) is 1. The highest BCUT2D eigenvalue weighted by molar-refractivity contribution is 6.31. The van der Waals surface area contributed by atoms with Crippen LogP contribution < -0.4 is 11.1 Å². The first-order valence-corrected chi connectivity index (χ1v) is 6.90. The Labute approximate surface area is 122 Å². The van der Waals surface area contributed by atoms with E-state index in [-0.39, 0.29) is 12.3 Å². The molecule has 0 spiro atoms. The van der Waals surface area contributed by atoms with Gasteiger partial charge in [0.15, 0.2) is 0 Å². The average molecular weight is 297 g/mol. The molecular weight excluding hydrogens is 280 g/mol. The van der Waals surface area contributed by atoms with Crippen molar-refractivity contribution in [2.45, 2.75) is 31.4 Å². The molecule has 1 aromatic rings. The SMILES string of the molecule is NC(=O)[C@@H](Cc1ccccc1Cl)NC(=O)[C@H]1CCCO1. The third-order valence-corrected chi connectivity index (χ3v) is 3.63. The minimum Gasteiger partial charge on any atom is -0.368 e. The number of hydrogen-bond acceptors (Lipinski definition) is 3. The largest absolute Gasteiger partial charge is 0.368 e. The summed E-state index contributed by atoms with van der Waals surface area (Å²) < 4.78 is 5.28. The zero-order valence-corrected chi connectivity index (χ0v) is 11.7. The Hall–Kier alpha value is -1.59. The summed E-state index contributed by atoms with van der Waals surface area (Å²) >= 11 is 6.05. The number of ether oxygens (including phenoxy) is 1. The van der Waals surface area contributed by atoms with Gasteiger partial charge in [-0.15, -0.1) is 0 Å². The van der Waals surface area contributed by atoms with Crippen molar-refractivity contribution in [2.75, 3.05) is 6.61 Å². The van der Waals surface area contributed by atoms with E-state index >= 15 is 0 Å². The fourth-order valence-electron chi connectivity index (χ4n) is 2.16. The highest BCUT2D eigenvalue weighted by atomic mass is 35.5. The van der Waals surface area contributed by atoms with Crippen LogP contribution in [-0.4, -0.2) is 30.6 Å². The summed E-state index contributed by atoms with van der Waals surface area (Å²) in [6.45, 7) is 0.573. The first-order chi connectivity index (χ1) is 9.58. The Bertz CT molecular complexity index is 501. The lowest BCUT2D eigenvalue weighted by Crippen LogP contribution is -2.49. The van der Waals surface area contributed by atoms with Crippen molar-refractivity contribution in [3.8, 4) is 0 Å². The minimum absolute atomic E-state index is 0.271. The number of benzene rings is 1. The Morgan fingerprint density at radius 3 is 2.80 bits per heavy atom. The smallest absolute Gasteiger partial charge is 0.249 e. The number of nitrogens with one attached hydrogen (secondary N) is 1. The van der Waals surface area contributed by atoms with Crippen LogP contribution in [0.1, 0.15) is 18.4 Å². The van der Waals surface area contributed by atoms with Crippen molar-refractivity contribution in [1.29, 1.82) is 0 Å². The molecule has 0 unspecified atom stereocenters. The zero-order valence-electron chi connectivity index (χ0n) is 11.0. The Kier molecular flexibility index (Phi) is 4.98.